The summed E-state index contributed by atoms with van der Waals surface area (Å²) in [6.07, 6.45) is 1.75. The molecule has 0 fully saturated rings. The van der Waals surface area contributed by atoms with Gasteiger partial charge < -0.3 is 15.2 Å². The fraction of sp³-hybridized carbons (Fsp3) is 0.667. The Balaban J connectivity index is 2.35. The summed E-state index contributed by atoms with van der Waals surface area (Å²) in [5, 5.41) is 16.2. The van der Waals surface area contributed by atoms with Crippen molar-refractivity contribution in [3.05, 3.63) is 18.0 Å². The molecule has 1 atom stereocenters. The Morgan fingerprint density at radius 2 is 2.50 bits per heavy atom. The number of methoxy groups -OCH3 is 1. The van der Waals surface area contributed by atoms with E-state index in [-0.39, 0.29) is 12.6 Å². The van der Waals surface area contributed by atoms with E-state index in [2.05, 4.69) is 10.4 Å². The van der Waals surface area contributed by atoms with Crippen LogP contribution in [0.1, 0.15) is 5.69 Å². The molecule has 0 radical (unpaired) electrons. The zero-order valence-corrected chi connectivity index (χ0v) is 8.60. The first kappa shape index (κ1) is 11.2. The van der Waals surface area contributed by atoms with Crippen LogP contribution in [0.5, 0.6) is 0 Å². The van der Waals surface area contributed by atoms with E-state index in [1.54, 1.807) is 18.0 Å². The van der Waals surface area contributed by atoms with E-state index in [0.717, 1.165) is 5.69 Å². The standard InChI is InChI=1S/C9H17N3O2/c1-12-9(3-4-11-12)5-10-8(6-13)7-14-2/h3-4,8,10,13H,5-7H2,1-2H3. The van der Waals surface area contributed by atoms with Gasteiger partial charge in [0.05, 0.1) is 24.9 Å². The Labute approximate surface area is 83.7 Å². The van der Waals surface area contributed by atoms with Gasteiger partial charge in [0, 0.05) is 26.9 Å². The molecule has 0 spiro atoms. The quantitative estimate of drug-likeness (QED) is 0.649. The van der Waals surface area contributed by atoms with Crippen molar-refractivity contribution in [1.82, 2.24) is 15.1 Å². The fourth-order valence-electron chi connectivity index (χ4n) is 1.20. The monoisotopic (exact) mass is 199 g/mol. The zero-order valence-electron chi connectivity index (χ0n) is 8.60. The molecular weight excluding hydrogens is 182 g/mol. The number of nitrogens with one attached hydrogen (secondary N) is 1. The first-order valence-electron chi connectivity index (χ1n) is 4.58. The Hall–Kier alpha value is -0.910. The van der Waals surface area contributed by atoms with E-state index in [4.69, 9.17) is 9.84 Å². The molecule has 1 rings (SSSR count). The second kappa shape index (κ2) is 5.74. The maximum absolute atomic E-state index is 8.99. The molecule has 0 aliphatic heterocycles. The van der Waals surface area contributed by atoms with Gasteiger partial charge in [-0.2, -0.15) is 5.10 Å². The number of aliphatic hydroxyl groups is 1. The van der Waals surface area contributed by atoms with Crippen LogP contribution in [0.2, 0.25) is 0 Å². The number of nitrogens with zero attached hydrogens (tertiary/aromatic N) is 2. The van der Waals surface area contributed by atoms with Crippen LogP contribution in [-0.2, 0) is 18.3 Å². The average molecular weight is 199 g/mol. The molecule has 1 unspecified atom stereocenters. The second-order valence-electron chi connectivity index (χ2n) is 3.16. The lowest BCUT2D eigenvalue weighted by Crippen LogP contribution is -2.36. The van der Waals surface area contributed by atoms with Gasteiger partial charge in [0.1, 0.15) is 0 Å². The number of hydrogen-bond donors (Lipinski definition) is 2. The molecule has 5 heteroatoms. The van der Waals surface area contributed by atoms with E-state index >= 15 is 0 Å². The van der Waals surface area contributed by atoms with Crippen molar-refractivity contribution in [3.8, 4) is 0 Å². The molecule has 1 aromatic heterocycles. The van der Waals surface area contributed by atoms with E-state index in [1.165, 1.54) is 0 Å². The molecule has 0 bridgehead atoms. The lowest BCUT2D eigenvalue weighted by atomic mass is 10.3. The van der Waals surface area contributed by atoms with Crippen molar-refractivity contribution >= 4 is 0 Å². The third kappa shape index (κ3) is 3.10. The number of aryl methyl sites for hydroxylation is 1. The van der Waals surface area contributed by atoms with Crippen molar-refractivity contribution in [2.45, 2.75) is 12.6 Å². The molecule has 1 heterocycles. The van der Waals surface area contributed by atoms with Gasteiger partial charge in [0.2, 0.25) is 0 Å². The molecule has 0 amide bonds. The summed E-state index contributed by atoms with van der Waals surface area (Å²) >= 11 is 0. The molecule has 2 N–H and O–H groups in total. The predicted octanol–water partition coefficient (Wildman–Crippen LogP) is -0.483. The van der Waals surface area contributed by atoms with E-state index in [9.17, 15) is 0 Å². The summed E-state index contributed by atoms with van der Waals surface area (Å²) in [4.78, 5) is 0. The van der Waals surface area contributed by atoms with Crippen LogP contribution >= 0.6 is 0 Å². The summed E-state index contributed by atoms with van der Waals surface area (Å²) in [5.41, 5.74) is 1.08. The highest BCUT2D eigenvalue weighted by Gasteiger charge is 2.06. The highest BCUT2D eigenvalue weighted by molar-refractivity contribution is 4.99. The molecule has 0 aromatic carbocycles. The molecule has 80 valence electrons. The minimum atomic E-state index is -0.0186. The van der Waals surface area contributed by atoms with Crippen molar-refractivity contribution in [3.63, 3.8) is 0 Å². The molecule has 0 aliphatic carbocycles. The van der Waals surface area contributed by atoms with Crippen LogP contribution in [0.4, 0.5) is 0 Å². The van der Waals surface area contributed by atoms with Crippen LogP contribution in [-0.4, -0.2) is 41.3 Å². The molecule has 0 aliphatic rings. The van der Waals surface area contributed by atoms with Gasteiger partial charge in [-0.15, -0.1) is 0 Å². The fourth-order valence-corrected chi connectivity index (χ4v) is 1.20. The number of hydrogen-bond acceptors (Lipinski definition) is 4. The van der Waals surface area contributed by atoms with Gasteiger partial charge in [-0.3, -0.25) is 4.68 Å². The average Bonchev–Trinajstić information content (AvgIpc) is 2.59. The van der Waals surface area contributed by atoms with Gasteiger partial charge in [-0.1, -0.05) is 0 Å². The van der Waals surface area contributed by atoms with Gasteiger partial charge in [0.25, 0.3) is 0 Å². The Bertz CT molecular complexity index is 262. The highest BCUT2D eigenvalue weighted by atomic mass is 16.5. The summed E-state index contributed by atoms with van der Waals surface area (Å²) < 4.78 is 6.75. The first-order valence-corrected chi connectivity index (χ1v) is 4.58. The minimum Gasteiger partial charge on any atom is -0.395 e. The normalized spacial score (nSPS) is 13.1. The Kier molecular flexibility index (Phi) is 4.58. The van der Waals surface area contributed by atoms with Crippen LogP contribution in [0.3, 0.4) is 0 Å². The molecule has 0 saturated carbocycles. The molecule has 0 saturated heterocycles. The van der Waals surface area contributed by atoms with Crippen LogP contribution in [0.15, 0.2) is 12.3 Å². The highest BCUT2D eigenvalue weighted by Crippen LogP contribution is 1.96. The number of ether oxygens (including phenoxy) is 1. The van der Waals surface area contributed by atoms with Crippen LogP contribution in [0.25, 0.3) is 0 Å². The van der Waals surface area contributed by atoms with Crippen molar-refractivity contribution < 1.29 is 9.84 Å². The lowest BCUT2D eigenvalue weighted by Gasteiger charge is -2.14. The minimum absolute atomic E-state index is 0.0186. The van der Waals surface area contributed by atoms with E-state index in [0.29, 0.717) is 13.2 Å². The summed E-state index contributed by atoms with van der Waals surface area (Å²) in [5.74, 6) is 0. The molecule has 14 heavy (non-hydrogen) atoms. The lowest BCUT2D eigenvalue weighted by molar-refractivity contribution is 0.127. The SMILES string of the molecule is COCC(CO)NCc1ccnn1C. The maximum Gasteiger partial charge on any atom is 0.0638 e. The topological polar surface area (TPSA) is 59.3 Å². The smallest absolute Gasteiger partial charge is 0.0638 e. The largest absolute Gasteiger partial charge is 0.395 e. The van der Waals surface area contributed by atoms with Gasteiger partial charge in [-0.05, 0) is 6.07 Å². The zero-order chi connectivity index (χ0) is 10.4. The predicted molar refractivity (Wildman–Crippen MR) is 52.8 cm³/mol. The van der Waals surface area contributed by atoms with E-state index < -0.39 is 0 Å². The Morgan fingerprint density at radius 1 is 1.71 bits per heavy atom. The van der Waals surface area contributed by atoms with Crippen molar-refractivity contribution in [1.29, 1.82) is 0 Å². The van der Waals surface area contributed by atoms with Gasteiger partial charge in [0.15, 0.2) is 0 Å². The Morgan fingerprint density at radius 3 is 3.00 bits per heavy atom. The van der Waals surface area contributed by atoms with Crippen molar-refractivity contribution in [2.75, 3.05) is 20.3 Å². The molecule has 5 nitrogen and oxygen atoms in total. The van der Waals surface area contributed by atoms with Gasteiger partial charge in [-0.25, -0.2) is 0 Å². The molecule has 1 aromatic rings. The van der Waals surface area contributed by atoms with Crippen molar-refractivity contribution in [2.24, 2.45) is 7.05 Å². The first-order chi connectivity index (χ1) is 6.77. The number of rotatable bonds is 6. The summed E-state index contributed by atoms with van der Waals surface area (Å²) in [6, 6.07) is 1.92. The third-order valence-corrected chi connectivity index (χ3v) is 2.08. The summed E-state index contributed by atoms with van der Waals surface area (Å²) in [7, 11) is 3.51. The molecular formula is C9H17N3O2. The maximum atomic E-state index is 8.99. The number of aliphatic hydroxyl groups excluding tert-OH is 1. The van der Waals surface area contributed by atoms with E-state index in [1.807, 2.05) is 13.1 Å². The second-order valence-corrected chi connectivity index (χ2v) is 3.16. The van der Waals surface area contributed by atoms with Crippen LogP contribution < -0.4 is 5.32 Å². The summed E-state index contributed by atoms with van der Waals surface area (Å²) in [6.45, 7) is 1.27. The number of aromatic nitrogens is 2. The van der Waals surface area contributed by atoms with Gasteiger partial charge >= 0.3 is 0 Å². The van der Waals surface area contributed by atoms with Crippen LogP contribution in [0, 0.1) is 0 Å². The third-order valence-electron chi connectivity index (χ3n) is 2.08.